The van der Waals surface area contributed by atoms with Crippen molar-refractivity contribution in [2.24, 2.45) is 0 Å². The predicted octanol–water partition coefficient (Wildman–Crippen LogP) is 3.24. The van der Waals surface area contributed by atoms with Crippen molar-refractivity contribution in [1.29, 1.82) is 0 Å². The van der Waals surface area contributed by atoms with Gasteiger partial charge in [0.2, 0.25) is 5.91 Å². The van der Waals surface area contributed by atoms with Gasteiger partial charge in [-0.25, -0.2) is 4.39 Å². The van der Waals surface area contributed by atoms with Crippen molar-refractivity contribution in [3.8, 4) is 0 Å². The minimum atomic E-state index is -0.748. The molecule has 2 aromatic rings. The van der Waals surface area contributed by atoms with Crippen molar-refractivity contribution in [2.45, 2.75) is 13.0 Å². The third-order valence-electron chi connectivity index (χ3n) is 4.88. The second-order valence-corrected chi connectivity index (χ2v) is 7.73. The van der Waals surface area contributed by atoms with Crippen LogP contribution in [0.2, 0.25) is 10.0 Å². The lowest BCUT2D eigenvalue weighted by atomic mass is 10.1. The van der Waals surface area contributed by atoms with Gasteiger partial charge in [0.1, 0.15) is 11.9 Å². The topological polar surface area (TPSA) is 69.7 Å². The number of hydrogen-bond acceptors (Lipinski definition) is 3. The fraction of sp³-hybridized carbons (Fsp3) is 0.286. The van der Waals surface area contributed by atoms with Gasteiger partial charge in [-0.2, -0.15) is 0 Å². The first-order valence-corrected chi connectivity index (χ1v) is 10.1. The molecule has 3 amide bonds. The molecule has 30 heavy (non-hydrogen) atoms. The standard InChI is InChI=1S/C21H20Cl2FN3O3/c1-13(25-19(28)15-4-2-3-5-17(15)22)20(29)26-8-10-27(11-9-26)21(30)16-7-6-14(24)12-18(16)23/h2-7,12-13H,8-11H2,1H3,(H,25,28). The number of carbonyl (C=O) groups is 3. The summed E-state index contributed by atoms with van der Waals surface area (Å²) in [6, 6.07) is 9.48. The van der Waals surface area contributed by atoms with Crippen LogP contribution in [0.3, 0.4) is 0 Å². The second kappa shape index (κ2) is 9.45. The summed E-state index contributed by atoms with van der Waals surface area (Å²) >= 11 is 12.0. The maximum atomic E-state index is 13.2. The molecule has 3 rings (SSSR count). The largest absolute Gasteiger partial charge is 0.340 e. The van der Waals surface area contributed by atoms with Crippen molar-refractivity contribution < 1.29 is 18.8 Å². The lowest BCUT2D eigenvalue weighted by Crippen LogP contribution is -2.55. The zero-order valence-corrected chi connectivity index (χ0v) is 17.7. The van der Waals surface area contributed by atoms with Gasteiger partial charge >= 0.3 is 0 Å². The van der Waals surface area contributed by atoms with E-state index in [1.165, 1.54) is 12.1 Å². The van der Waals surface area contributed by atoms with Gasteiger partial charge in [-0.05, 0) is 37.3 Å². The third kappa shape index (κ3) is 4.91. The van der Waals surface area contributed by atoms with Crippen LogP contribution in [0.5, 0.6) is 0 Å². The lowest BCUT2D eigenvalue weighted by molar-refractivity contribution is -0.134. The van der Waals surface area contributed by atoms with E-state index < -0.39 is 17.8 Å². The summed E-state index contributed by atoms with van der Waals surface area (Å²) in [5, 5.41) is 3.02. The van der Waals surface area contributed by atoms with Gasteiger partial charge in [0.25, 0.3) is 11.8 Å². The van der Waals surface area contributed by atoms with Gasteiger partial charge in [-0.1, -0.05) is 35.3 Å². The molecule has 158 valence electrons. The van der Waals surface area contributed by atoms with Gasteiger partial charge in [0, 0.05) is 26.2 Å². The van der Waals surface area contributed by atoms with Crippen LogP contribution in [0.1, 0.15) is 27.6 Å². The number of halogens is 3. The Bertz CT molecular complexity index is 978. The van der Waals surface area contributed by atoms with Crippen molar-refractivity contribution >= 4 is 40.9 Å². The molecule has 6 nitrogen and oxygen atoms in total. The number of nitrogens with one attached hydrogen (secondary N) is 1. The molecule has 1 N–H and O–H groups in total. The van der Waals surface area contributed by atoms with Crippen LogP contribution in [0, 0.1) is 5.82 Å². The van der Waals surface area contributed by atoms with E-state index in [1.54, 1.807) is 41.0 Å². The smallest absolute Gasteiger partial charge is 0.255 e. The Kier molecular flexibility index (Phi) is 6.95. The van der Waals surface area contributed by atoms with Crippen molar-refractivity contribution in [1.82, 2.24) is 15.1 Å². The highest BCUT2D eigenvalue weighted by molar-refractivity contribution is 6.34. The van der Waals surface area contributed by atoms with Crippen molar-refractivity contribution in [3.05, 3.63) is 69.5 Å². The molecule has 1 atom stereocenters. The second-order valence-electron chi connectivity index (χ2n) is 6.92. The van der Waals surface area contributed by atoms with Gasteiger partial charge in [0.15, 0.2) is 0 Å². The Morgan fingerprint density at radius 2 is 1.57 bits per heavy atom. The normalized spacial score (nSPS) is 14.9. The minimum Gasteiger partial charge on any atom is -0.340 e. The first-order chi connectivity index (χ1) is 14.3. The van der Waals surface area contributed by atoms with E-state index in [9.17, 15) is 18.8 Å². The molecule has 0 aromatic heterocycles. The highest BCUT2D eigenvalue weighted by atomic mass is 35.5. The Morgan fingerprint density at radius 3 is 2.20 bits per heavy atom. The molecule has 1 heterocycles. The zero-order valence-electron chi connectivity index (χ0n) is 16.2. The lowest BCUT2D eigenvalue weighted by Gasteiger charge is -2.36. The van der Waals surface area contributed by atoms with Gasteiger partial charge in [-0.3, -0.25) is 14.4 Å². The number of nitrogens with zero attached hydrogens (tertiary/aromatic N) is 2. The van der Waals surface area contributed by atoms with Crippen molar-refractivity contribution in [2.75, 3.05) is 26.2 Å². The molecule has 0 radical (unpaired) electrons. The number of rotatable bonds is 4. The molecule has 2 aromatic carbocycles. The highest BCUT2D eigenvalue weighted by Crippen LogP contribution is 2.20. The maximum Gasteiger partial charge on any atom is 0.255 e. The molecule has 0 saturated carbocycles. The van der Waals surface area contributed by atoms with Gasteiger partial charge < -0.3 is 15.1 Å². The van der Waals surface area contributed by atoms with Crippen LogP contribution in [-0.2, 0) is 4.79 Å². The quantitative estimate of drug-likeness (QED) is 0.775. The van der Waals surface area contributed by atoms with E-state index in [2.05, 4.69) is 5.32 Å². The number of hydrogen-bond donors (Lipinski definition) is 1. The predicted molar refractivity (Wildman–Crippen MR) is 112 cm³/mol. The molecule has 0 aliphatic carbocycles. The fourth-order valence-corrected chi connectivity index (χ4v) is 3.69. The molecular weight excluding hydrogens is 432 g/mol. The SMILES string of the molecule is CC(NC(=O)c1ccccc1Cl)C(=O)N1CCN(C(=O)c2ccc(F)cc2Cl)CC1. The molecule has 1 saturated heterocycles. The average molecular weight is 452 g/mol. The first-order valence-electron chi connectivity index (χ1n) is 9.36. The summed E-state index contributed by atoms with van der Waals surface area (Å²) in [4.78, 5) is 40.8. The minimum absolute atomic E-state index is 0.0504. The summed E-state index contributed by atoms with van der Waals surface area (Å²) < 4.78 is 13.2. The third-order valence-corrected chi connectivity index (χ3v) is 5.52. The van der Waals surface area contributed by atoms with Crippen molar-refractivity contribution in [3.63, 3.8) is 0 Å². The van der Waals surface area contributed by atoms with Crippen LogP contribution in [-0.4, -0.2) is 59.7 Å². The number of carbonyl (C=O) groups excluding carboxylic acids is 3. The molecule has 1 aliphatic heterocycles. The van der Waals surface area contributed by atoms with Crippen LogP contribution < -0.4 is 5.32 Å². The average Bonchev–Trinajstić information content (AvgIpc) is 2.73. The molecule has 0 spiro atoms. The highest BCUT2D eigenvalue weighted by Gasteiger charge is 2.29. The van der Waals surface area contributed by atoms with Gasteiger partial charge in [0.05, 0.1) is 21.2 Å². The molecule has 9 heteroatoms. The molecule has 1 unspecified atom stereocenters. The summed E-state index contributed by atoms with van der Waals surface area (Å²) in [6.45, 7) is 2.85. The Morgan fingerprint density at radius 1 is 0.933 bits per heavy atom. The maximum absolute atomic E-state index is 13.2. The van der Waals surface area contributed by atoms with Crippen LogP contribution in [0.4, 0.5) is 4.39 Å². The summed E-state index contributed by atoms with van der Waals surface area (Å²) in [7, 11) is 0. The molecule has 1 aliphatic rings. The van der Waals surface area contributed by atoms with Gasteiger partial charge in [-0.15, -0.1) is 0 Å². The number of benzene rings is 2. The van der Waals surface area contributed by atoms with E-state index in [4.69, 9.17) is 23.2 Å². The van der Waals surface area contributed by atoms with E-state index in [0.29, 0.717) is 36.8 Å². The summed E-state index contributed by atoms with van der Waals surface area (Å²) in [6.07, 6.45) is 0. The zero-order chi connectivity index (χ0) is 21.8. The van der Waals surface area contributed by atoms with E-state index in [0.717, 1.165) is 6.07 Å². The monoisotopic (exact) mass is 451 g/mol. The van der Waals surface area contributed by atoms with Crippen LogP contribution in [0.25, 0.3) is 0 Å². The Labute approximate surface area is 183 Å². The molecule has 1 fully saturated rings. The van der Waals surface area contributed by atoms with Crippen LogP contribution >= 0.6 is 23.2 Å². The first kappa shape index (κ1) is 22.1. The fourth-order valence-electron chi connectivity index (χ4n) is 3.22. The van der Waals surface area contributed by atoms with E-state index >= 15 is 0 Å². The Hall–Kier alpha value is -2.64. The molecular formula is C21H20Cl2FN3O3. The summed E-state index contributed by atoms with van der Waals surface area (Å²) in [5.74, 6) is -1.50. The molecule has 0 bridgehead atoms. The van der Waals surface area contributed by atoms with E-state index in [-0.39, 0.29) is 22.4 Å². The number of piperazine rings is 1. The number of amides is 3. The van der Waals surface area contributed by atoms with Crippen LogP contribution in [0.15, 0.2) is 42.5 Å². The summed E-state index contributed by atoms with van der Waals surface area (Å²) in [5.41, 5.74) is 0.517. The van der Waals surface area contributed by atoms with E-state index in [1.807, 2.05) is 0 Å². The Balaban J connectivity index is 1.56.